The van der Waals surface area contributed by atoms with Gasteiger partial charge in [-0.2, -0.15) is 0 Å². The number of hydrogen-bond donors (Lipinski definition) is 2. The number of phenols is 1. The molecule has 2 saturated heterocycles. The SMILES string of the molecule is COc1cc(O)cc(OC)c1C1C2=CCC3C(=O)N(c4ccc(Nc5ccccc5)cc4)C(=O)C3C2CC2(Cl)C(=O)N(c3c(F)c(F)c(F)c(F)c3F)C(=O)C12Cl. The summed E-state index contributed by atoms with van der Waals surface area (Å²) in [7, 11) is 2.39. The molecule has 6 unspecified atom stereocenters. The Bertz CT molecular complexity index is 2400. The summed E-state index contributed by atoms with van der Waals surface area (Å²) in [6, 6.07) is 17.9. The Kier molecular flexibility index (Phi) is 9.04. The predicted octanol–water partition coefficient (Wildman–Crippen LogP) is 7.62. The van der Waals surface area contributed by atoms with Crippen LogP contribution in [0.2, 0.25) is 0 Å². The Labute approximate surface area is 330 Å². The fourth-order valence-corrected chi connectivity index (χ4v) is 9.65. The lowest BCUT2D eigenvalue weighted by Gasteiger charge is -2.51. The monoisotopic (exact) mass is 827 g/mol. The van der Waals surface area contributed by atoms with Crippen LogP contribution in [0, 0.1) is 46.8 Å². The van der Waals surface area contributed by atoms with Crippen molar-refractivity contribution in [2.75, 3.05) is 29.3 Å². The number of para-hydroxylation sites is 1. The van der Waals surface area contributed by atoms with Gasteiger partial charge in [0.15, 0.2) is 33.0 Å². The highest BCUT2D eigenvalue weighted by Gasteiger charge is 2.77. The number of amides is 4. The second kappa shape index (κ2) is 13.5. The Morgan fingerprint density at radius 1 is 0.737 bits per heavy atom. The van der Waals surface area contributed by atoms with E-state index in [2.05, 4.69) is 5.32 Å². The maximum absolute atomic E-state index is 15.4. The van der Waals surface area contributed by atoms with Crippen molar-refractivity contribution in [2.45, 2.75) is 28.5 Å². The molecular weight excluding hydrogens is 800 g/mol. The van der Waals surface area contributed by atoms with Gasteiger partial charge in [-0.1, -0.05) is 29.8 Å². The van der Waals surface area contributed by atoms with E-state index >= 15 is 8.78 Å². The summed E-state index contributed by atoms with van der Waals surface area (Å²) in [4.78, 5) is 53.0. The van der Waals surface area contributed by atoms with Crippen LogP contribution < -0.4 is 24.6 Å². The van der Waals surface area contributed by atoms with Crippen molar-refractivity contribution in [3.63, 3.8) is 0 Å². The third-order valence-electron chi connectivity index (χ3n) is 11.2. The maximum atomic E-state index is 15.4. The first-order valence-corrected chi connectivity index (χ1v) is 18.1. The van der Waals surface area contributed by atoms with E-state index in [9.17, 15) is 37.5 Å². The molecule has 2 aliphatic carbocycles. The molecule has 17 heteroatoms. The lowest BCUT2D eigenvalue weighted by Crippen LogP contribution is -2.60. The van der Waals surface area contributed by atoms with Gasteiger partial charge in [0.25, 0.3) is 11.8 Å². The molecule has 8 rings (SSSR count). The molecule has 4 aliphatic rings. The van der Waals surface area contributed by atoms with Crippen LogP contribution in [0.1, 0.15) is 24.3 Å². The fourth-order valence-electron chi connectivity index (χ4n) is 8.73. The van der Waals surface area contributed by atoms with E-state index in [0.717, 1.165) is 22.7 Å². The largest absolute Gasteiger partial charge is 0.508 e. The van der Waals surface area contributed by atoms with Crippen LogP contribution in [0.15, 0.2) is 78.4 Å². The zero-order valence-corrected chi connectivity index (χ0v) is 31.1. The first-order chi connectivity index (χ1) is 27.1. The van der Waals surface area contributed by atoms with Crippen LogP contribution >= 0.6 is 23.2 Å². The molecule has 0 spiro atoms. The number of benzene rings is 4. The van der Waals surface area contributed by atoms with Gasteiger partial charge in [-0.05, 0) is 55.2 Å². The molecule has 4 aromatic carbocycles. The lowest BCUT2D eigenvalue weighted by atomic mass is 9.56. The number of anilines is 4. The number of imide groups is 2. The van der Waals surface area contributed by atoms with Crippen molar-refractivity contribution < 1.29 is 55.7 Å². The van der Waals surface area contributed by atoms with Gasteiger partial charge in [-0.3, -0.25) is 24.1 Å². The standard InChI is InChI=1S/C40H28Cl2F5N3O7/c1-56-24-14-20(51)15-25(57-2)27(24)28-21-12-13-22-26(36(53)49(35(22)52)19-10-8-18(9-11-19)48-17-6-4-3-5-7-17)23(21)16-39(41)37(54)50(38(55)40(28,39)42)34-32(46)30(44)29(43)31(45)33(34)47/h3-12,14-15,22-23,26,28,48,51H,13,16H2,1-2H3. The Morgan fingerprint density at radius 3 is 1.88 bits per heavy atom. The first kappa shape index (κ1) is 38.2. The summed E-state index contributed by atoms with van der Waals surface area (Å²) < 4.78 is 85.3. The number of alkyl halides is 2. The van der Waals surface area contributed by atoms with Crippen LogP contribution in [0.5, 0.6) is 17.2 Å². The quantitative estimate of drug-likeness (QED) is 0.0487. The molecular formula is C40H28Cl2F5N3O7. The predicted molar refractivity (Wildman–Crippen MR) is 196 cm³/mol. The minimum atomic E-state index is -2.83. The van der Waals surface area contributed by atoms with Gasteiger partial charge in [0.2, 0.25) is 17.6 Å². The molecule has 2 N–H and O–H groups in total. The minimum absolute atomic E-state index is 0.0871. The molecule has 57 heavy (non-hydrogen) atoms. The maximum Gasteiger partial charge on any atom is 0.258 e. The lowest BCUT2D eigenvalue weighted by molar-refractivity contribution is -0.125. The number of methoxy groups -OCH3 is 2. The van der Waals surface area contributed by atoms with Crippen molar-refractivity contribution in [1.82, 2.24) is 0 Å². The Balaban J connectivity index is 1.28. The number of hydrogen-bond acceptors (Lipinski definition) is 8. The average Bonchev–Trinajstić information content (AvgIpc) is 3.54. The number of fused-ring (bicyclic) bond motifs is 4. The molecule has 6 atom stereocenters. The van der Waals surface area contributed by atoms with E-state index in [-0.39, 0.29) is 45.4 Å². The smallest absolute Gasteiger partial charge is 0.258 e. The summed E-state index contributed by atoms with van der Waals surface area (Å²) in [5, 5.41) is 13.7. The molecule has 0 bridgehead atoms. The number of halogens is 7. The molecule has 1 saturated carbocycles. The number of rotatable bonds is 7. The zero-order valence-electron chi connectivity index (χ0n) is 29.6. The number of nitrogens with zero attached hydrogens (tertiary/aromatic N) is 2. The average molecular weight is 829 g/mol. The highest BCUT2D eigenvalue weighted by Crippen LogP contribution is 2.68. The van der Waals surface area contributed by atoms with Crippen molar-refractivity contribution in [3.05, 3.63) is 113 Å². The first-order valence-electron chi connectivity index (χ1n) is 17.3. The van der Waals surface area contributed by atoms with Crippen LogP contribution in [-0.2, 0) is 19.2 Å². The van der Waals surface area contributed by atoms with E-state index in [1.54, 1.807) is 30.3 Å². The second-order valence-corrected chi connectivity index (χ2v) is 15.2. The highest BCUT2D eigenvalue weighted by atomic mass is 35.5. The third kappa shape index (κ3) is 5.27. The Morgan fingerprint density at radius 2 is 1.30 bits per heavy atom. The number of carbonyl (C=O) groups is 4. The van der Waals surface area contributed by atoms with Gasteiger partial charge < -0.3 is 19.9 Å². The minimum Gasteiger partial charge on any atom is -0.508 e. The van der Waals surface area contributed by atoms with Crippen molar-refractivity contribution >= 4 is 69.6 Å². The van der Waals surface area contributed by atoms with Crippen LogP contribution in [-0.4, -0.2) is 52.7 Å². The van der Waals surface area contributed by atoms with Gasteiger partial charge in [0.05, 0.1) is 31.7 Å². The summed E-state index contributed by atoms with van der Waals surface area (Å²) >= 11 is 14.5. The zero-order chi connectivity index (χ0) is 40.9. The number of phenolic OH excluding ortho intramolecular Hbond substituents is 1. The van der Waals surface area contributed by atoms with E-state index in [1.807, 2.05) is 30.3 Å². The normalized spacial score (nSPS) is 26.6. The summed E-state index contributed by atoms with van der Waals surface area (Å²) in [5.41, 5.74) is -0.162. The van der Waals surface area contributed by atoms with Gasteiger partial charge in [0.1, 0.15) is 22.9 Å². The van der Waals surface area contributed by atoms with Gasteiger partial charge >= 0.3 is 0 Å². The molecule has 0 aromatic heterocycles. The second-order valence-electron chi connectivity index (χ2n) is 14.0. The molecule has 10 nitrogen and oxygen atoms in total. The van der Waals surface area contributed by atoms with E-state index < -0.39 is 98.2 Å². The van der Waals surface area contributed by atoms with E-state index in [4.69, 9.17) is 32.7 Å². The molecule has 2 aliphatic heterocycles. The van der Waals surface area contributed by atoms with Gasteiger partial charge in [-0.25, -0.2) is 26.9 Å². The third-order valence-corrected chi connectivity index (χ3v) is 12.6. The van der Waals surface area contributed by atoms with Crippen molar-refractivity contribution in [1.29, 1.82) is 0 Å². The molecule has 3 fully saturated rings. The molecule has 2 heterocycles. The van der Waals surface area contributed by atoms with Crippen LogP contribution in [0.4, 0.5) is 44.7 Å². The topological polar surface area (TPSA) is 125 Å². The number of nitrogens with one attached hydrogen (secondary N) is 1. The summed E-state index contributed by atoms with van der Waals surface area (Å²) in [5.74, 6) is -22.9. The Hall–Kier alpha value is -5.67. The summed E-state index contributed by atoms with van der Waals surface area (Å²) in [6.07, 6.45) is 0.757. The number of ether oxygens (including phenoxy) is 2. The van der Waals surface area contributed by atoms with Crippen LogP contribution in [0.3, 0.4) is 0 Å². The van der Waals surface area contributed by atoms with Gasteiger partial charge in [0, 0.05) is 35.0 Å². The number of aromatic hydroxyl groups is 1. The van der Waals surface area contributed by atoms with Crippen molar-refractivity contribution in [2.24, 2.45) is 17.8 Å². The van der Waals surface area contributed by atoms with Gasteiger partial charge in [-0.15, -0.1) is 23.2 Å². The van der Waals surface area contributed by atoms with E-state index in [1.165, 1.54) is 14.2 Å². The molecule has 0 radical (unpaired) electrons. The fraction of sp³-hybridized carbons (Fsp3) is 0.250. The molecule has 4 amide bonds. The van der Waals surface area contributed by atoms with Crippen molar-refractivity contribution in [3.8, 4) is 17.2 Å². The molecule has 294 valence electrons. The number of carbonyl (C=O) groups excluding carboxylic acids is 4. The molecule has 4 aromatic rings. The van der Waals surface area contributed by atoms with E-state index in [0.29, 0.717) is 5.69 Å². The highest BCUT2D eigenvalue weighted by molar-refractivity contribution is 6.58. The number of allylic oxidation sites excluding steroid dienone is 2. The summed E-state index contributed by atoms with van der Waals surface area (Å²) in [6.45, 7) is 0. The van der Waals surface area contributed by atoms with Crippen LogP contribution in [0.25, 0.3) is 0 Å².